The number of carbonyl (C=O) groups excluding carboxylic acids is 2. The molecule has 2 aromatic heterocycles. The number of carboxylic acid groups (broad SMARTS) is 3. The molecule has 3 aromatic rings. The summed E-state index contributed by atoms with van der Waals surface area (Å²) in [4.78, 5) is 82.4. The lowest BCUT2D eigenvalue weighted by Gasteiger charge is -2.24. The second-order valence-electron chi connectivity index (χ2n) is 9.82. The van der Waals surface area contributed by atoms with Crippen molar-refractivity contribution >= 4 is 64.0 Å². The highest BCUT2D eigenvalue weighted by Crippen LogP contribution is 2.28. The largest absolute Gasteiger partial charge is 0.481 e. The van der Waals surface area contributed by atoms with Crippen LogP contribution in [0, 0.1) is 12.3 Å². The smallest absolute Gasteiger partial charge is 0.326 e. The average molecular weight is 644 g/mol. The van der Waals surface area contributed by atoms with Crippen LogP contribution in [0.15, 0.2) is 29.2 Å². The molecule has 0 bridgehead atoms. The highest BCUT2D eigenvalue weighted by atomic mass is 35.5. The fourth-order valence-electron chi connectivity index (χ4n) is 4.44. The molecule has 2 heterocycles. The van der Waals surface area contributed by atoms with Crippen LogP contribution in [0.1, 0.15) is 41.6 Å². The van der Waals surface area contributed by atoms with Crippen molar-refractivity contribution in [2.24, 2.45) is 0 Å². The van der Waals surface area contributed by atoms with E-state index in [1.807, 2.05) is 0 Å². The van der Waals surface area contributed by atoms with Gasteiger partial charge < -0.3 is 41.6 Å². The maximum Gasteiger partial charge on any atom is 0.326 e. The first-order valence-electron chi connectivity index (χ1n) is 13.4. The summed E-state index contributed by atoms with van der Waals surface area (Å²) in [6, 6.07) is 1.29. The van der Waals surface area contributed by atoms with Crippen molar-refractivity contribution in [1.82, 2.24) is 25.6 Å². The zero-order valence-electron chi connectivity index (χ0n) is 23.6. The molecule has 0 aliphatic rings. The summed E-state index contributed by atoms with van der Waals surface area (Å²) in [6.45, 7) is 0.464. The van der Waals surface area contributed by atoms with Crippen molar-refractivity contribution in [2.45, 2.75) is 44.2 Å². The van der Waals surface area contributed by atoms with Crippen molar-refractivity contribution in [3.63, 3.8) is 0 Å². The molecule has 238 valence electrons. The summed E-state index contributed by atoms with van der Waals surface area (Å²) in [5.74, 6) is -3.23. The molecule has 17 heteroatoms. The van der Waals surface area contributed by atoms with E-state index < -0.39 is 60.2 Å². The number of rotatable bonds is 16. The summed E-state index contributed by atoms with van der Waals surface area (Å²) < 4.78 is 0. The minimum absolute atomic E-state index is 0.0200. The molecule has 2 atom stereocenters. The van der Waals surface area contributed by atoms with Gasteiger partial charge in [-0.1, -0.05) is 17.5 Å². The molecule has 0 saturated carbocycles. The van der Waals surface area contributed by atoms with Gasteiger partial charge in [0.2, 0.25) is 11.9 Å². The normalized spacial score (nSPS) is 12.1. The third kappa shape index (κ3) is 9.21. The standard InChI is InChI=1S/C28H30ClN7O9/c1-2-10-36(11-9-15-13-31-23-22(15)25(41)35-28(30)34-23)19-6-3-14(12-16(19)29)24(40)33-18(27(44)45)4-7-20(37)32-17(26(42)43)5-8-21(38)39/h1,3,6,12-13,17-18H,4-5,7-11H2,(H,32,37)(H,33,40)(H,38,39)(H,42,43)(H,44,45)(H4,30,31,34,35,41)/t17-,18-/m0/s1. The molecule has 0 unspecified atom stereocenters. The Labute approximate surface area is 260 Å². The monoisotopic (exact) mass is 643 g/mol. The number of terminal acetylenes is 1. The number of aromatic nitrogens is 3. The third-order valence-electron chi connectivity index (χ3n) is 6.67. The van der Waals surface area contributed by atoms with Crippen molar-refractivity contribution in [3.8, 4) is 12.3 Å². The number of H-pyrrole nitrogens is 2. The molecular formula is C28H30ClN7O9. The first-order chi connectivity index (χ1) is 21.3. The maximum atomic E-state index is 12.9. The van der Waals surface area contributed by atoms with E-state index >= 15 is 0 Å². The van der Waals surface area contributed by atoms with Crippen LogP contribution in [0.25, 0.3) is 11.0 Å². The second kappa shape index (κ2) is 15.3. The number of aliphatic carboxylic acids is 3. The molecule has 45 heavy (non-hydrogen) atoms. The number of hydrogen-bond donors (Lipinski definition) is 8. The minimum Gasteiger partial charge on any atom is -0.481 e. The number of nitrogens with zero attached hydrogens (tertiary/aromatic N) is 2. The zero-order valence-corrected chi connectivity index (χ0v) is 24.4. The number of hydrogen-bond acceptors (Lipinski definition) is 9. The number of halogens is 1. The van der Waals surface area contributed by atoms with E-state index in [-0.39, 0.29) is 35.9 Å². The predicted octanol–water partition coefficient (Wildman–Crippen LogP) is 0.567. The molecule has 2 amide bonds. The SMILES string of the molecule is C#CCN(CCc1c[nH]c2nc(N)[nH]c(=O)c12)c1ccc(C(=O)N[C@@H](CCC(=O)N[C@@H](CCC(=O)O)C(=O)O)C(=O)O)cc1Cl. The fraction of sp³-hybridized carbons (Fsp3) is 0.321. The number of aromatic amines is 2. The second-order valence-corrected chi connectivity index (χ2v) is 10.2. The molecule has 0 spiro atoms. The number of carbonyl (C=O) groups is 5. The molecule has 16 nitrogen and oxygen atoms in total. The van der Waals surface area contributed by atoms with Gasteiger partial charge in [0.05, 0.1) is 22.6 Å². The Bertz CT molecular complexity index is 1710. The maximum absolute atomic E-state index is 12.9. The molecule has 0 aliphatic heterocycles. The Balaban J connectivity index is 1.66. The van der Waals surface area contributed by atoms with Crippen LogP contribution in [0.2, 0.25) is 5.02 Å². The van der Waals surface area contributed by atoms with Crippen molar-refractivity contribution in [1.29, 1.82) is 0 Å². The van der Waals surface area contributed by atoms with Crippen LogP contribution >= 0.6 is 11.6 Å². The van der Waals surface area contributed by atoms with Gasteiger partial charge in [-0.05, 0) is 43.0 Å². The van der Waals surface area contributed by atoms with Crippen LogP contribution in [-0.4, -0.2) is 85.2 Å². The van der Waals surface area contributed by atoms with Crippen LogP contribution in [0.5, 0.6) is 0 Å². The minimum atomic E-state index is -1.51. The van der Waals surface area contributed by atoms with Gasteiger partial charge in [0, 0.05) is 31.1 Å². The number of anilines is 2. The van der Waals surface area contributed by atoms with E-state index in [4.69, 9.17) is 28.9 Å². The van der Waals surface area contributed by atoms with Gasteiger partial charge in [-0.2, -0.15) is 4.98 Å². The highest BCUT2D eigenvalue weighted by molar-refractivity contribution is 6.33. The van der Waals surface area contributed by atoms with E-state index in [9.17, 15) is 39.0 Å². The molecule has 1 aromatic carbocycles. The molecule has 3 rings (SSSR count). The molecule has 9 N–H and O–H groups in total. The number of nitrogen functional groups attached to an aromatic ring is 1. The highest BCUT2D eigenvalue weighted by Gasteiger charge is 2.25. The quantitative estimate of drug-likeness (QED) is 0.0996. The Kier molecular flexibility index (Phi) is 11.5. The third-order valence-corrected chi connectivity index (χ3v) is 6.97. The van der Waals surface area contributed by atoms with Crippen molar-refractivity contribution in [3.05, 3.63) is 50.9 Å². The number of fused-ring (bicyclic) bond motifs is 1. The van der Waals surface area contributed by atoms with E-state index in [1.165, 1.54) is 18.2 Å². The Morgan fingerprint density at radius 2 is 1.73 bits per heavy atom. The summed E-state index contributed by atoms with van der Waals surface area (Å²) in [6.07, 6.45) is 5.88. The first kappa shape index (κ1) is 33.9. The van der Waals surface area contributed by atoms with E-state index in [0.29, 0.717) is 35.2 Å². The molecule has 0 radical (unpaired) electrons. The summed E-state index contributed by atoms with van der Waals surface area (Å²) in [5, 5.41) is 32.4. The van der Waals surface area contributed by atoms with E-state index in [1.54, 1.807) is 11.1 Å². The summed E-state index contributed by atoms with van der Waals surface area (Å²) in [7, 11) is 0. The Morgan fingerprint density at radius 3 is 2.36 bits per heavy atom. The molecule has 0 saturated heterocycles. The zero-order chi connectivity index (χ0) is 33.3. The predicted molar refractivity (Wildman–Crippen MR) is 162 cm³/mol. The summed E-state index contributed by atoms with van der Waals surface area (Å²) in [5.41, 5.74) is 6.70. The van der Waals surface area contributed by atoms with Gasteiger partial charge in [0.15, 0.2) is 0 Å². The lowest BCUT2D eigenvalue weighted by Crippen LogP contribution is -2.44. The van der Waals surface area contributed by atoms with Crippen LogP contribution < -0.4 is 26.8 Å². The van der Waals surface area contributed by atoms with Gasteiger partial charge in [-0.15, -0.1) is 6.42 Å². The topological polar surface area (TPSA) is 261 Å². The average Bonchev–Trinajstić information content (AvgIpc) is 3.38. The van der Waals surface area contributed by atoms with Gasteiger partial charge in [0.25, 0.3) is 11.5 Å². The van der Waals surface area contributed by atoms with Crippen molar-refractivity contribution in [2.75, 3.05) is 23.7 Å². The fourth-order valence-corrected chi connectivity index (χ4v) is 4.74. The Hall–Kier alpha value is -5.56. The lowest BCUT2D eigenvalue weighted by molar-refractivity contribution is -0.143. The number of amides is 2. The lowest BCUT2D eigenvalue weighted by atomic mass is 10.1. The van der Waals surface area contributed by atoms with Gasteiger partial charge in [-0.25, -0.2) is 9.59 Å². The number of nitrogens with one attached hydrogen (secondary N) is 4. The van der Waals surface area contributed by atoms with E-state index in [0.717, 1.165) is 0 Å². The number of benzene rings is 1. The van der Waals surface area contributed by atoms with Crippen LogP contribution in [0.4, 0.5) is 11.6 Å². The van der Waals surface area contributed by atoms with Gasteiger partial charge >= 0.3 is 17.9 Å². The van der Waals surface area contributed by atoms with Crippen LogP contribution in [0.3, 0.4) is 0 Å². The van der Waals surface area contributed by atoms with Crippen LogP contribution in [-0.2, 0) is 25.6 Å². The number of carboxylic acids is 3. The first-order valence-corrected chi connectivity index (χ1v) is 13.8. The van der Waals surface area contributed by atoms with E-state index in [2.05, 4.69) is 31.5 Å². The summed E-state index contributed by atoms with van der Waals surface area (Å²) >= 11 is 6.49. The van der Waals surface area contributed by atoms with Gasteiger partial charge in [-0.3, -0.25) is 24.2 Å². The molecular weight excluding hydrogens is 614 g/mol. The number of nitrogens with two attached hydrogens (primary N) is 1. The van der Waals surface area contributed by atoms with Gasteiger partial charge in [0.1, 0.15) is 17.7 Å². The molecule has 0 aliphatic carbocycles. The molecule has 0 fully saturated rings. The Morgan fingerprint density at radius 1 is 1.07 bits per heavy atom. The van der Waals surface area contributed by atoms with Crippen molar-refractivity contribution < 1.29 is 39.3 Å².